The summed E-state index contributed by atoms with van der Waals surface area (Å²) in [6.07, 6.45) is 9.83. The number of halogens is 1. The van der Waals surface area contributed by atoms with Crippen molar-refractivity contribution >= 4 is 52.1 Å². The molecule has 0 unspecified atom stereocenters. The van der Waals surface area contributed by atoms with Crippen LogP contribution in [-0.2, 0) is 23.9 Å². The quantitative estimate of drug-likeness (QED) is 0.187. The number of hydrogen-bond donors (Lipinski definition) is 0. The van der Waals surface area contributed by atoms with Gasteiger partial charge in [-0.05, 0) is 55.4 Å². The molecule has 0 N–H and O–H groups in total. The summed E-state index contributed by atoms with van der Waals surface area (Å²) in [5, 5.41) is 1.14. The molecule has 0 spiro atoms. The molecule has 0 radical (unpaired) electrons. The maximum absolute atomic E-state index is 12.7. The maximum atomic E-state index is 12.7. The Morgan fingerprint density at radius 3 is 2.38 bits per heavy atom. The predicted molar refractivity (Wildman–Crippen MR) is 125 cm³/mol. The number of carbonyl (C=O) groups is 3. The van der Waals surface area contributed by atoms with Gasteiger partial charge in [0.1, 0.15) is 0 Å². The first-order valence-corrected chi connectivity index (χ1v) is 10.7. The standard InChI is InChI=1S/C23H21ClN2O5S/c1-5-8-19(30-15(3)27)20(31-16(4)28)9-7-10-21-22(29)26(6-2)23(32-21)25-18-13-11-17(24)12-14-18/h1,8-14H,6-7H2,2-4H3/b19-8+,20-9+,21-10-,25-23?. The highest BCUT2D eigenvalue weighted by Crippen LogP contribution is 2.33. The van der Waals surface area contributed by atoms with Gasteiger partial charge in [-0.15, -0.1) is 6.42 Å². The average molecular weight is 473 g/mol. The number of likely N-dealkylation sites (N-methyl/N-ethyl adjacent to an activating group) is 1. The maximum Gasteiger partial charge on any atom is 0.308 e. The molecule has 1 saturated heterocycles. The lowest BCUT2D eigenvalue weighted by Gasteiger charge is -2.12. The Hall–Kier alpha value is -3.28. The summed E-state index contributed by atoms with van der Waals surface area (Å²) in [4.78, 5) is 42.1. The molecule has 166 valence electrons. The number of allylic oxidation sites excluding steroid dienone is 3. The summed E-state index contributed by atoms with van der Waals surface area (Å²) in [6, 6.07) is 6.97. The molecule has 1 aromatic rings. The summed E-state index contributed by atoms with van der Waals surface area (Å²) in [5.74, 6) is 0.733. The van der Waals surface area contributed by atoms with Crippen LogP contribution in [0.25, 0.3) is 0 Å². The second-order valence-electron chi connectivity index (χ2n) is 6.26. The van der Waals surface area contributed by atoms with Crippen molar-refractivity contribution in [1.29, 1.82) is 0 Å². The summed E-state index contributed by atoms with van der Waals surface area (Å²) < 4.78 is 10.2. The van der Waals surface area contributed by atoms with Crippen LogP contribution in [0.4, 0.5) is 5.69 Å². The van der Waals surface area contributed by atoms with Gasteiger partial charge in [-0.1, -0.05) is 23.6 Å². The third-order valence-electron chi connectivity index (χ3n) is 3.83. The number of nitrogens with zero attached hydrogens (tertiary/aromatic N) is 2. The largest absolute Gasteiger partial charge is 0.423 e. The third-order valence-corrected chi connectivity index (χ3v) is 5.13. The highest BCUT2D eigenvalue weighted by atomic mass is 35.5. The van der Waals surface area contributed by atoms with Gasteiger partial charge in [-0.25, -0.2) is 4.99 Å². The number of carbonyl (C=O) groups excluding carboxylic acids is 3. The van der Waals surface area contributed by atoms with Crippen LogP contribution >= 0.6 is 23.4 Å². The third kappa shape index (κ3) is 7.15. The monoisotopic (exact) mass is 472 g/mol. The topological polar surface area (TPSA) is 85.3 Å². The van der Waals surface area contributed by atoms with Crippen molar-refractivity contribution in [2.45, 2.75) is 27.2 Å². The molecule has 1 fully saturated rings. The summed E-state index contributed by atoms with van der Waals surface area (Å²) >= 11 is 7.14. The number of hydrogen-bond acceptors (Lipinski definition) is 7. The molecule has 7 nitrogen and oxygen atoms in total. The Bertz CT molecular complexity index is 1060. The minimum Gasteiger partial charge on any atom is -0.423 e. The smallest absolute Gasteiger partial charge is 0.308 e. The van der Waals surface area contributed by atoms with Gasteiger partial charge in [0.05, 0.1) is 10.6 Å². The zero-order valence-electron chi connectivity index (χ0n) is 17.8. The average Bonchev–Trinajstić information content (AvgIpc) is 3.02. The molecule has 1 amide bonds. The number of thioether (sulfide) groups is 1. The van der Waals surface area contributed by atoms with Gasteiger partial charge in [-0.2, -0.15) is 0 Å². The molecule has 32 heavy (non-hydrogen) atoms. The zero-order chi connectivity index (χ0) is 23.7. The van der Waals surface area contributed by atoms with E-state index < -0.39 is 11.9 Å². The molecule has 1 aromatic carbocycles. The number of amidine groups is 1. The second-order valence-corrected chi connectivity index (χ2v) is 7.70. The van der Waals surface area contributed by atoms with Crippen LogP contribution in [0.3, 0.4) is 0 Å². The number of amides is 1. The van der Waals surface area contributed by atoms with E-state index in [1.54, 1.807) is 35.2 Å². The summed E-state index contributed by atoms with van der Waals surface area (Å²) in [7, 11) is 0. The lowest BCUT2D eigenvalue weighted by Crippen LogP contribution is -2.28. The Labute approximate surface area is 195 Å². The predicted octanol–water partition coefficient (Wildman–Crippen LogP) is 4.72. The molecule has 0 atom stereocenters. The van der Waals surface area contributed by atoms with E-state index >= 15 is 0 Å². The van der Waals surface area contributed by atoms with Crippen LogP contribution in [0.2, 0.25) is 5.02 Å². The van der Waals surface area contributed by atoms with Crippen LogP contribution < -0.4 is 0 Å². The van der Waals surface area contributed by atoms with Crippen molar-refractivity contribution in [2.24, 2.45) is 4.99 Å². The Kier molecular flexibility index (Phi) is 9.32. The molecule has 0 aliphatic carbocycles. The van der Waals surface area contributed by atoms with Crippen molar-refractivity contribution in [2.75, 3.05) is 6.54 Å². The molecular formula is C23H21ClN2O5S. The van der Waals surface area contributed by atoms with Gasteiger partial charge in [-0.3, -0.25) is 19.3 Å². The van der Waals surface area contributed by atoms with Crippen LogP contribution in [-0.4, -0.2) is 34.5 Å². The Balaban J connectivity index is 2.28. The first-order valence-electron chi connectivity index (χ1n) is 9.53. The van der Waals surface area contributed by atoms with E-state index in [9.17, 15) is 14.4 Å². The lowest BCUT2D eigenvalue weighted by molar-refractivity contribution is -0.141. The number of esters is 2. The van der Waals surface area contributed by atoms with E-state index in [0.29, 0.717) is 27.3 Å². The number of ether oxygens (including phenoxy) is 2. The molecule has 0 aromatic heterocycles. The van der Waals surface area contributed by atoms with Crippen molar-refractivity contribution in [3.05, 3.63) is 63.9 Å². The molecule has 1 aliphatic rings. The molecule has 1 heterocycles. The van der Waals surface area contributed by atoms with Crippen LogP contribution in [0.5, 0.6) is 0 Å². The highest BCUT2D eigenvalue weighted by molar-refractivity contribution is 8.18. The minimum atomic E-state index is -0.619. The van der Waals surface area contributed by atoms with Gasteiger partial charge in [0.15, 0.2) is 16.7 Å². The van der Waals surface area contributed by atoms with Gasteiger partial charge >= 0.3 is 11.9 Å². The molecule has 2 rings (SSSR count). The van der Waals surface area contributed by atoms with E-state index in [-0.39, 0.29) is 23.8 Å². The number of rotatable bonds is 7. The molecular weight excluding hydrogens is 452 g/mol. The fourth-order valence-electron chi connectivity index (χ4n) is 2.54. The minimum absolute atomic E-state index is 0.0136. The van der Waals surface area contributed by atoms with Crippen LogP contribution in [0, 0.1) is 12.3 Å². The SMILES string of the molecule is C#C/C=C(OC(C)=O)\C(=C/C/C=C1\SC(=Nc2ccc(Cl)cc2)N(CC)C1=O)OC(C)=O. The Morgan fingerprint density at radius 1 is 1.19 bits per heavy atom. The Morgan fingerprint density at radius 2 is 1.81 bits per heavy atom. The summed E-state index contributed by atoms with van der Waals surface area (Å²) in [6.45, 7) is 4.72. The van der Waals surface area contributed by atoms with Crippen molar-refractivity contribution < 1.29 is 23.9 Å². The van der Waals surface area contributed by atoms with Gasteiger partial charge in [0, 0.05) is 31.5 Å². The normalized spacial score (nSPS) is 17.0. The first-order chi connectivity index (χ1) is 15.2. The van der Waals surface area contributed by atoms with Crippen molar-refractivity contribution in [3.8, 4) is 12.3 Å². The molecule has 1 aliphatic heterocycles. The number of aliphatic imine (C=N–C) groups is 1. The van der Waals surface area contributed by atoms with E-state index in [4.69, 9.17) is 27.5 Å². The molecule has 0 saturated carbocycles. The van der Waals surface area contributed by atoms with Gasteiger partial charge < -0.3 is 9.47 Å². The summed E-state index contributed by atoms with van der Waals surface area (Å²) in [5.41, 5.74) is 0.673. The van der Waals surface area contributed by atoms with Crippen LogP contribution in [0.15, 0.2) is 63.9 Å². The van der Waals surface area contributed by atoms with E-state index in [2.05, 4.69) is 10.9 Å². The number of terminal acetylenes is 1. The van der Waals surface area contributed by atoms with Gasteiger partial charge in [0.25, 0.3) is 5.91 Å². The molecule has 9 heteroatoms. The van der Waals surface area contributed by atoms with Gasteiger partial charge in [0.2, 0.25) is 0 Å². The first kappa shape index (κ1) is 25.0. The van der Waals surface area contributed by atoms with Crippen LogP contribution in [0.1, 0.15) is 27.2 Å². The van der Waals surface area contributed by atoms with E-state index in [0.717, 1.165) is 0 Å². The lowest BCUT2D eigenvalue weighted by atomic mass is 10.2. The van der Waals surface area contributed by atoms with Crippen molar-refractivity contribution in [1.82, 2.24) is 4.90 Å². The fraction of sp³-hybridized carbons (Fsp3) is 0.217. The van der Waals surface area contributed by atoms with E-state index in [1.807, 2.05) is 6.92 Å². The second kappa shape index (κ2) is 11.9. The zero-order valence-corrected chi connectivity index (χ0v) is 19.3. The highest BCUT2D eigenvalue weighted by Gasteiger charge is 2.31. The molecule has 0 bridgehead atoms. The van der Waals surface area contributed by atoms with E-state index in [1.165, 1.54) is 37.8 Å². The van der Waals surface area contributed by atoms with Crippen molar-refractivity contribution in [3.63, 3.8) is 0 Å². The number of benzene rings is 1. The fourth-order valence-corrected chi connectivity index (χ4v) is 3.71.